The number of nitrogens with one attached hydrogen (secondary N) is 2. The maximum Gasteiger partial charge on any atom is 0.214 e. The molecule has 0 aromatic carbocycles. The lowest BCUT2D eigenvalue weighted by atomic mass is 10.2. The molecule has 90 valence electrons. The van der Waals surface area contributed by atoms with Crippen molar-refractivity contribution in [2.75, 3.05) is 13.1 Å². The molecule has 8 heteroatoms. The second kappa shape index (κ2) is 4.89. The topological polar surface area (TPSA) is 97.1 Å². The van der Waals surface area contributed by atoms with Crippen LogP contribution in [0.1, 0.15) is 18.7 Å². The molecule has 0 bridgehead atoms. The Labute approximate surface area is 93.7 Å². The minimum absolute atomic E-state index is 0.0861. The predicted molar refractivity (Wildman–Crippen MR) is 55.9 cm³/mol. The van der Waals surface area contributed by atoms with Gasteiger partial charge in [-0.25, -0.2) is 13.1 Å². The molecule has 1 aliphatic rings. The fourth-order valence-corrected chi connectivity index (χ4v) is 3.08. The normalized spacial score (nSPS) is 18.8. The van der Waals surface area contributed by atoms with Crippen molar-refractivity contribution in [3.8, 4) is 0 Å². The third kappa shape index (κ3) is 2.77. The summed E-state index contributed by atoms with van der Waals surface area (Å²) in [5, 5.41) is 6.34. The van der Waals surface area contributed by atoms with Gasteiger partial charge < -0.3 is 9.84 Å². The van der Waals surface area contributed by atoms with E-state index in [0.717, 1.165) is 13.1 Å². The van der Waals surface area contributed by atoms with Gasteiger partial charge in [-0.15, -0.1) is 0 Å². The molecule has 2 heterocycles. The lowest BCUT2D eigenvalue weighted by molar-refractivity contribution is 0.409. The van der Waals surface area contributed by atoms with Crippen LogP contribution in [0.2, 0.25) is 0 Å². The molecule has 16 heavy (non-hydrogen) atoms. The van der Waals surface area contributed by atoms with Gasteiger partial charge in [0.15, 0.2) is 5.82 Å². The van der Waals surface area contributed by atoms with Gasteiger partial charge >= 0.3 is 0 Å². The molecule has 1 aromatic rings. The molecule has 2 rings (SSSR count). The van der Waals surface area contributed by atoms with Crippen molar-refractivity contribution in [1.29, 1.82) is 0 Å². The third-order valence-electron chi connectivity index (χ3n) is 2.56. The molecule has 0 saturated carbocycles. The summed E-state index contributed by atoms with van der Waals surface area (Å²) in [6.45, 7) is 1.57. The van der Waals surface area contributed by atoms with Crippen molar-refractivity contribution in [3.05, 3.63) is 12.2 Å². The standard InChI is InChI=1S/C8H14N4O3S/c13-16(14,7-1-3-9-4-2-7)11-5-8-10-6-15-12-8/h6-7,9,11H,1-5H2. The van der Waals surface area contributed by atoms with Crippen LogP contribution in [0.4, 0.5) is 0 Å². The predicted octanol–water partition coefficient (Wildman–Crippen LogP) is -0.759. The first-order chi connectivity index (χ1) is 7.68. The van der Waals surface area contributed by atoms with Gasteiger partial charge in [0.05, 0.1) is 11.8 Å². The van der Waals surface area contributed by atoms with Crippen molar-refractivity contribution >= 4 is 10.0 Å². The number of rotatable bonds is 4. The van der Waals surface area contributed by atoms with E-state index in [-0.39, 0.29) is 11.8 Å². The summed E-state index contributed by atoms with van der Waals surface area (Å²) in [5.74, 6) is 0.345. The first-order valence-corrected chi connectivity index (χ1v) is 6.67. The van der Waals surface area contributed by atoms with Gasteiger partial charge in [0.1, 0.15) is 0 Å². The average Bonchev–Trinajstić information content (AvgIpc) is 2.81. The van der Waals surface area contributed by atoms with Crippen LogP contribution in [0.3, 0.4) is 0 Å². The highest BCUT2D eigenvalue weighted by atomic mass is 32.2. The zero-order valence-electron chi connectivity index (χ0n) is 8.72. The Morgan fingerprint density at radius 3 is 2.88 bits per heavy atom. The Hall–Kier alpha value is -0.990. The van der Waals surface area contributed by atoms with Crippen LogP contribution in [0.5, 0.6) is 0 Å². The molecule has 2 N–H and O–H groups in total. The molecule has 1 aromatic heterocycles. The molecule has 0 aliphatic carbocycles. The van der Waals surface area contributed by atoms with E-state index in [2.05, 4.69) is 24.7 Å². The molecular weight excluding hydrogens is 232 g/mol. The molecule has 1 aliphatic heterocycles. The first-order valence-electron chi connectivity index (χ1n) is 5.13. The molecule has 0 radical (unpaired) electrons. The summed E-state index contributed by atoms with van der Waals surface area (Å²) in [6, 6.07) is 0. The Kier molecular flexibility index (Phi) is 3.52. The van der Waals surface area contributed by atoms with Crippen LogP contribution in [0.25, 0.3) is 0 Å². The van der Waals surface area contributed by atoms with Gasteiger partial charge in [-0.2, -0.15) is 4.98 Å². The third-order valence-corrected chi connectivity index (χ3v) is 4.46. The van der Waals surface area contributed by atoms with Crippen molar-refractivity contribution < 1.29 is 12.9 Å². The molecule has 7 nitrogen and oxygen atoms in total. The lowest BCUT2D eigenvalue weighted by Gasteiger charge is -2.22. The van der Waals surface area contributed by atoms with Crippen LogP contribution in [-0.2, 0) is 16.6 Å². The van der Waals surface area contributed by atoms with Gasteiger partial charge in [-0.05, 0) is 25.9 Å². The van der Waals surface area contributed by atoms with Gasteiger partial charge in [-0.3, -0.25) is 0 Å². The zero-order chi connectivity index (χ0) is 11.4. The van der Waals surface area contributed by atoms with E-state index in [9.17, 15) is 8.42 Å². The van der Waals surface area contributed by atoms with Crippen LogP contribution in [0.15, 0.2) is 10.9 Å². The van der Waals surface area contributed by atoms with Crippen LogP contribution in [-0.4, -0.2) is 36.9 Å². The molecule has 0 amide bonds. The number of hydrogen-bond donors (Lipinski definition) is 2. The number of nitrogens with zero attached hydrogens (tertiary/aromatic N) is 2. The maximum absolute atomic E-state index is 11.9. The largest absolute Gasteiger partial charge is 0.343 e. The van der Waals surface area contributed by atoms with E-state index < -0.39 is 10.0 Å². The Bertz CT molecular complexity index is 411. The lowest BCUT2D eigenvalue weighted by Crippen LogP contribution is -2.41. The van der Waals surface area contributed by atoms with Crippen molar-refractivity contribution in [1.82, 2.24) is 20.2 Å². The smallest absolute Gasteiger partial charge is 0.214 e. The highest BCUT2D eigenvalue weighted by Gasteiger charge is 2.26. The number of aromatic nitrogens is 2. The minimum atomic E-state index is -3.27. The second-order valence-electron chi connectivity index (χ2n) is 3.66. The number of sulfonamides is 1. The molecular formula is C8H14N4O3S. The molecule has 0 spiro atoms. The Morgan fingerprint density at radius 1 is 1.50 bits per heavy atom. The van der Waals surface area contributed by atoms with Crippen LogP contribution < -0.4 is 10.0 Å². The van der Waals surface area contributed by atoms with Crippen molar-refractivity contribution in [3.63, 3.8) is 0 Å². The monoisotopic (exact) mass is 246 g/mol. The summed E-state index contributed by atoms with van der Waals surface area (Å²) in [7, 11) is -3.27. The summed E-state index contributed by atoms with van der Waals surface area (Å²) >= 11 is 0. The molecule has 1 saturated heterocycles. The fourth-order valence-electron chi connectivity index (χ4n) is 1.66. The van der Waals surface area contributed by atoms with Crippen LogP contribution in [0, 0.1) is 0 Å². The van der Waals surface area contributed by atoms with Crippen molar-refractivity contribution in [2.45, 2.75) is 24.6 Å². The molecule has 0 unspecified atom stereocenters. The Morgan fingerprint density at radius 2 is 2.25 bits per heavy atom. The summed E-state index contributed by atoms with van der Waals surface area (Å²) in [5.41, 5.74) is 0. The maximum atomic E-state index is 11.9. The van der Waals surface area contributed by atoms with Gasteiger partial charge in [0, 0.05) is 0 Å². The van der Waals surface area contributed by atoms with Crippen LogP contribution >= 0.6 is 0 Å². The highest BCUT2D eigenvalue weighted by molar-refractivity contribution is 7.90. The van der Waals surface area contributed by atoms with Gasteiger partial charge in [0.2, 0.25) is 16.4 Å². The van der Waals surface area contributed by atoms with E-state index in [0.29, 0.717) is 18.7 Å². The van der Waals surface area contributed by atoms with E-state index in [4.69, 9.17) is 0 Å². The first kappa shape index (κ1) is 11.5. The fraction of sp³-hybridized carbons (Fsp3) is 0.750. The zero-order valence-corrected chi connectivity index (χ0v) is 9.53. The van der Waals surface area contributed by atoms with E-state index >= 15 is 0 Å². The quantitative estimate of drug-likeness (QED) is 0.725. The minimum Gasteiger partial charge on any atom is -0.343 e. The summed E-state index contributed by atoms with van der Waals surface area (Å²) in [6.07, 6.45) is 2.46. The molecule has 0 atom stereocenters. The summed E-state index contributed by atoms with van der Waals surface area (Å²) < 4.78 is 30.7. The average molecular weight is 246 g/mol. The van der Waals surface area contributed by atoms with Gasteiger partial charge in [0.25, 0.3) is 0 Å². The van der Waals surface area contributed by atoms with Gasteiger partial charge in [-0.1, -0.05) is 5.16 Å². The van der Waals surface area contributed by atoms with E-state index in [1.165, 1.54) is 6.39 Å². The highest BCUT2D eigenvalue weighted by Crippen LogP contribution is 2.12. The summed E-state index contributed by atoms with van der Waals surface area (Å²) in [4.78, 5) is 3.75. The number of hydrogen-bond acceptors (Lipinski definition) is 6. The Balaban J connectivity index is 1.91. The molecule has 1 fully saturated rings. The second-order valence-corrected chi connectivity index (χ2v) is 5.71. The number of piperidine rings is 1. The van der Waals surface area contributed by atoms with E-state index in [1.807, 2.05) is 0 Å². The SMILES string of the molecule is O=S(=O)(NCc1ncon1)C1CCNCC1. The van der Waals surface area contributed by atoms with E-state index in [1.54, 1.807) is 0 Å². The van der Waals surface area contributed by atoms with Crippen molar-refractivity contribution in [2.24, 2.45) is 0 Å².